The standard InChI is InChI=1S/C24H39N5O7/c1-3-14(2)20(24(35)36)29-23(34)19(12-15-7-9-16(31)10-8-15)28-22(33)18(6-4-5-11-25)27-21(32)17(26)13-30/h7-10,14,17-20,30-31H,3-6,11-13,25-26H2,1-2H3,(H,27,32)(H,28,33)(H,29,34)(H,35,36). The van der Waals surface area contributed by atoms with E-state index in [0.29, 0.717) is 31.4 Å². The summed E-state index contributed by atoms with van der Waals surface area (Å²) in [4.78, 5) is 50.3. The first-order valence-electron chi connectivity index (χ1n) is 12.0. The lowest BCUT2D eigenvalue weighted by molar-refractivity contribution is -0.143. The number of carboxylic acids is 1. The smallest absolute Gasteiger partial charge is 0.326 e. The summed E-state index contributed by atoms with van der Waals surface area (Å²) in [7, 11) is 0. The third-order valence-corrected chi connectivity index (χ3v) is 5.90. The molecule has 1 rings (SSSR count). The second-order valence-electron chi connectivity index (χ2n) is 8.78. The fraction of sp³-hybridized carbons (Fsp3) is 0.583. The van der Waals surface area contributed by atoms with Crippen molar-refractivity contribution < 1.29 is 34.5 Å². The van der Waals surface area contributed by atoms with E-state index in [9.17, 15) is 29.4 Å². The van der Waals surface area contributed by atoms with Crippen molar-refractivity contribution in [2.45, 2.75) is 70.1 Å². The number of benzene rings is 1. The molecular weight excluding hydrogens is 470 g/mol. The van der Waals surface area contributed by atoms with Gasteiger partial charge in [0.25, 0.3) is 0 Å². The molecule has 0 saturated carbocycles. The van der Waals surface area contributed by atoms with Gasteiger partial charge in [0.05, 0.1) is 6.61 Å². The van der Waals surface area contributed by atoms with Gasteiger partial charge in [-0.05, 0) is 49.4 Å². The van der Waals surface area contributed by atoms with Crippen LogP contribution >= 0.6 is 0 Å². The van der Waals surface area contributed by atoms with Crippen LogP contribution in [-0.2, 0) is 25.6 Å². The second-order valence-corrected chi connectivity index (χ2v) is 8.78. The Bertz CT molecular complexity index is 865. The molecule has 0 aliphatic carbocycles. The van der Waals surface area contributed by atoms with E-state index in [-0.39, 0.29) is 24.5 Å². The van der Waals surface area contributed by atoms with E-state index >= 15 is 0 Å². The fourth-order valence-electron chi connectivity index (χ4n) is 3.41. The third kappa shape index (κ3) is 10.2. The highest BCUT2D eigenvalue weighted by Crippen LogP contribution is 2.13. The van der Waals surface area contributed by atoms with Crippen LogP contribution in [0.15, 0.2) is 24.3 Å². The van der Waals surface area contributed by atoms with Crippen molar-refractivity contribution >= 4 is 23.7 Å². The largest absolute Gasteiger partial charge is 0.508 e. The number of phenols is 1. The third-order valence-electron chi connectivity index (χ3n) is 5.90. The van der Waals surface area contributed by atoms with Crippen LogP contribution in [0.2, 0.25) is 0 Å². The number of amides is 3. The van der Waals surface area contributed by atoms with Crippen molar-refractivity contribution in [3.05, 3.63) is 29.8 Å². The quantitative estimate of drug-likeness (QED) is 0.128. The van der Waals surface area contributed by atoms with Crippen molar-refractivity contribution in [3.8, 4) is 5.75 Å². The Hall–Kier alpha value is -3.22. The molecule has 0 spiro atoms. The predicted molar refractivity (Wildman–Crippen MR) is 133 cm³/mol. The Morgan fingerprint density at radius 1 is 0.944 bits per heavy atom. The second kappa shape index (κ2) is 15.7. The molecule has 0 bridgehead atoms. The topological polar surface area (TPSA) is 217 Å². The lowest BCUT2D eigenvalue weighted by Gasteiger charge is -2.26. The van der Waals surface area contributed by atoms with Gasteiger partial charge >= 0.3 is 5.97 Å². The number of carbonyl (C=O) groups is 4. The molecule has 3 amide bonds. The minimum atomic E-state index is -1.22. The minimum absolute atomic E-state index is 0.00428. The molecular formula is C24H39N5O7. The number of carboxylic acid groups (broad SMARTS) is 1. The van der Waals surface area contributed by atoms with Gasteiger partial charge < -0.3 is 42.7 Å². The number of aliphatic carboxylic acids is 1. The summed E-state index contributed by atoms with van der Waals surface area (Å²) in [5.74, 6) is -3.64. The lowest BCUT2D eigenvalue weighted by Crippen LogP contribution is -2.58. The zero-order valence-corrected chi connectivity index (χ0v) is 20.8. The van der Waals surface area contributed by atoms with E-state index in [0.717, 1.165) is 0 Å². The first-order valence-corrected chi connectivity index (χ1v) is 12.0. The van der Waals surface area contributed by atoms with Crippen molar-refractivity contribution in [1.82, 2.24) is 16.0 Å². The van der Waals surface area contributed by atoms with E-state index in [1.165, 1.54) is 12.1 Å². The fourth-order valence-corrected chi connectivity index (χ4v) is 3.41. The van der Waals surface area contributed by atoms with Gasteiger partial charge in [-0.2, -0.15) is 0 Å². The van der Waals surface area contributed by atoms with E-state index < -0.39 is 54.5 Å². The molecule has 0 fully saturated rings. The summed E-state index contributed by atoms with van der Waals surface area (Å²) in [6.45, 7) is 3.27. The van der Waals surface area contributed by atoms with Gasteiger partial charge in [0.1, 0.15) is 29.9 Å². The molecule has 202 valence electrons. The number of unbranched alkanes of at least 4 members (excludes halogenated alkanes) is 1. The highest BCUT2D eigenvalue weighted by molar-refractivity contribution is 5.94. The minimum Gasteiger partial charge on any atom is -0.508 e. The van der Waals surface area contributed by atoms with Crippen LogP contribution in [0.1, 0.15) is 45.1 Å². The number of rotatable bonds is 16. The monoisotopic (exact) mass is 509 g/mol. The molecule has 12 nitrogen and oxygen atoms in total. The van der Waals surface area contributed by atoms with Crippen molar-refractivity contribution in [3.63, 3.8) is 0 Å². The molecule has 36 heavy (non-hydrogen) atoms. The summed E-state index contributed by atoms with van der Waals surface area (Å²) in [5, 5.41) is 35.9. The number of aliphatic hydroxyl groups excluding tert-OH is 1. The summed E-state index contributed by atoms with van der Waals surface area (Å²) in [6, 6.07) is 1.39. The maximum Gasteiger partial charge on any atom is 0.326 e. The first kappa shape index (κ1) is 30.8. The Morgan fingerprint density at radius 3 is 2.06 bits per heavy atom. The Labute approximate surface area is 210 Å². The van der Waals surface area contributed by atoms with E-state index in [1.54, 1.807) is 26.0 Å². The van der Waals surface area contributed by atoms with Crippen molar-refractivity contribution in [2.75, 3.05) is 13.2 Å². The van der Waals surface area contributed by atoms with Crippen LogP contribution in [0.3, 0.4) is 0 Å². The van der Waals surface area contributed by atoms with Crippen LogP contribution in [0, 0.1) is 5.92 Å². The summed E-state index contributed by atoms with van der Waals surface area (Å²) in [6.07, 6.45) is 1.83. The van der Waals surface area contributed by atoms with Crippen molar-refractivity contribution in [2.24, 2.45) is 17.4 Å². The van der Waals surface area contributed by atoms with Gasteiger partial charge in [-0.15, -0.1) is 0 Å². The Balaban J connectivity index is 3.16. The Morgan fingerprint density at radius 2 is 1.53 bits per heavy atom. The first-order chi connectivity index (χ1) is 17.0. The molecule has 12 heteroatoms. The van der Waals surface area contributed by atoms with Crippen LogP contribution in [0.25, 0.3) is 0 Å². The zero-order valence-electron chi connectivity index (χ0n) is 20.8. The maximum atomic E-state index is 13.2. The highest BCUT2D eigenvalue weighted by atomic mass is 16.4. The number of hydrogen-bond donors (Lipinski definition) is 8. The molecule has 0 radical (unpaired) electrons. The molecule has 5 atom stereocenters. The van der Waals surface area contributed by atoms with Gasteiger partial charge in [0, 0.05) is 6.42 Å². The number of phenolic OH excluding ortho intramolecular Hbond substituents is 1. The maximum absolute atomic E-state index is 13.2. The molecule has 0 aliphatic rings. The SMILES string of the molecule is CCC(C)C(NC(=O)C(Cc1ccc(O)cc1)NC(=O)C(CCCCN)NC(=O)C(N)CO)C(=O)O. The normalized spacial score (nSPS) is 15.1. The number of hydrogen-bond acceptors (Lipinski definition) is 8. The van der Waals surface area contributed by atoms with Gasteiger partial charge in [-0.3, -0.25) is 14.4 Å². The van der Waals surface area contributed by atoms with E-state index in [4.69, 9.17) is 16.6 Å². The molecule has 10 N–H and O–H groups in total. The molecule has 0 heterocycles. The van der Waals surface area contributed by atoms with E-state index in [1.807, 2.05) is 0 Å². The average molecular weight is 510 g/mol. The number of aromatic hydroxyl groups is 1. The molecule has 1 aromatic rings. The summed E-state index contributed by atoms with van der Waals surface area (Å²) in [5.41, 5.74) is 11.7. The van der Waals surface area contributed by atoms with Gasteiger partial charge in [-0.25, -0.2) is 4.79 Å². The summed E-state index contributed by atoms with van der Waals surface area (Å²) >= 11 is 0. The number of nitrogens with one attached hydrogen (secondary N) is 3. The molecule has 5 unspecified atom stereocenters. The number of carbonyl (C=O) groups excluding carboxylic acids is 3. The zero-order chi connectivity index (χ0) is 27.3. The molecule has 0 saturated heterocycles. The highest BCUT2D eigenvalue weighted by Gasteiger charge is 2.32. The summed E-state index contributed by atoms with van der Waals surface area (Å²) < 4.78 is 0. The number of nitrogens with two attached hydrogens (primary N) is 2. The van der Waals surface area contributed by atoms with Crippen LogP contribution < -0.4 is 27.4 Å². The van der Waals surface area contributed by atoms with Crippen LogP contribution in [0.5, 0.6) is 5.75 Å². The lowest BCUT2D eigenvalue weighted by atomic mass is 9.98. The molecule has 1 aromatic carbocycles. The average Bonchev–Trinajstić information content (AvgIpc) is 2.85. The van der Waals surface area contributed by atoms with Crippen LogP contribution in [0.4, 0.5) is 0 Å². The molecule has 0 aliphatic heterocycles. The number of aliphatic hydroxyl groups is 1. The molecule has 0 aromatic heterocycles. The van der Waals surface area contributed by atoms with Crippen molar-refractivity contribution in [1.29, 1.82) is 0 Å². The Kier molecular flexibility index (Phi) is 13.4. The van der Waals surface area contributed by atoms with Gasteiger partial charge in [0.15, 0.2) is 0 Å². The predicted octanol–water partition coefficient (Wildman–Crippen LogP) is -1.03. The van der Waals surface area contributed by atoms with Gasteiger partial charge in [-0.1, -0.05) is 32.4 Å². The van der Waals surface area contributed by atoms with Gasteiger partial charge in [0.2, 0.25) is 17.7 Å². The van der Waals surface area contributed by atoms with E-state index in [2.05, 4.69) is 16.0 Å². The van der Waals surface area contributed by atoms with Crippen LogP contribution in [-0.4, -0.2) is 76.3 Å².